The lowest BCUT2D eigenvalue weighted by atomic mass is 10.0. The molecule has 0 fully saturated rings. The maximum atomic E-state index is 14.3. The van der Waals surface area contributed by atoms with Crippen LogP contribution < -0.4 is 21.9 Å². The largest absolute Gasteiger partial charge is 0.385 e. The van der Waals surface area contributed by atoms with Crippen LogP contribution in [0.25, 0.3) is 22.2 Å². The molecular formula is C14H4F6N4. The lowest BCUT2D eigenvalue weighted by molar-refractivity contribution is 0.470. The molecule has 0 saturated heterocycles. The Bertz CT molecular complexity index is 1090. The van der Waals surface area contributed by atoms with Crippen molar-refractivity contribution in [1.82, 2.24) is 0 Å². The Hall–Kier alpha value is -3.40. The third-order valence-electron chi connectivity index (χ3n) is 3.15. The Labute approximate surface area is 129 Å². The van der Waals surface area contributed by atoms with Gasteiger partial charge in [0.2, 0.25) is 0 Å². The van der Waals surface area contributed by atoms with Gasteiger partial charge in [-0.3, -0.25) is 0 Å². The number of benzene rings is 2. The molecule has 0 spiro atoms. The Morgan fingerprint density at radius 1 is 0.625 bits per heavy atom. The van der Waals surface area contributed by atoms with E-state index in [4.69, 9.17) is 22.0 Å². The van der Waals surface area contributed by atoms with Crippen molar-refractivity contribution in [2.24, 2.45) is 11.5 Å². The molecule has 4 N–H and O–H groups in total. The van der Waals surface area contributed by atoms with Crippen LogP contribution in [0, 0.1) is 57.6 Å². The van der Waals surface area contributed by atoms with Crippen molar-refractivity contribution in [3.05, 3.63) is 45.3 Å². The summed E-state index contributed by atoms with van der Waals surface area (Å²) in [6, 6.07) is 2.15. The van der Waals surface area contributed by atoms with E-state index in [1.165, 1.54) is 0 Å². The summed E-state index contributed by atoms with van der Waals surface area (Å²) in [5, 5.41) is 11.1. The molecule has 0 bridgehead atoms. The molecule has 0 atom stereocenters. The maximum absolute atomic E-state index is 14.3. The Balaban J connectivity index is 3.44. The monoisotopic (exact) mass is 342 g/mol. The van der Waals surface area contributed by atoms with E-state index in [1.807, 2.05) is 0 Å². The first-order chi connectivity index (χ1) is 11.2. The first-order valence-electron chi connectivity index (χ1n) is 5.91. The molecule has 0 amide bonds. The fourth-order valence-corrected chi connectivity index (χ4v) is 2.12. The van der Waals surface area contributed by atoms with E-state index in [1.54, 1.807) is 0 Å². The summed E-state index contributed by atoms with van der Waals surface area (Å²) in [4.78, 5) is 0. The van der Waals surface area contributed by atoms with E-state index in [-0.39, 0.29) is 0 Å². The predicted molar refractivity (Wildman–Crippen MR) is 69.4 cm³/mol. The standard InChI is InChI=1S/C14H4F6N4/c15-8-4(3(1-21)2-22)10(17)11(18)6-5(8)12(19)13(20)7(9(6)16)14(23)24/h23-24H2. The molecule has 0 aromatic heterocycles. The molecule has 24 heavy (non-hydrogen) atoms. The summed E-state index contributed by atoms with van der Waals surface area (Å²) in [6.45, 7) is 0. The van der Waals surface area contributed by atoms with Crippen LogP contribution in [0.4, 0.5) is 26.3 Å². The third kappa shape index (κ3) is 2.08. The van der Waals surface area contributed by atoms with Gasteiger partial charge in [-0.05, 0) is 0 Å². The van der Waals surface area contributed by atoms with E-state index in [9.17, 15) is 26.3 Å². The fraction of sp³-hybridized carbons (Fsp3) is 0. The van der Waals surface area contributed by atoms with Crippen LogP contribution in [0.1, 0.15) is 0 Å². The molecule has 122 valence electrons. The summed E-state index contributed by atoms with van der Waals surface area (Å²) < 4.78 is 84.5. The third-order valence-corrected chi connectivity index (χ3v) is 3.15. The number of fused-ring (bicyclic) bond motifs is 1. The highest BCUT2D eigenvalue weighted by Gasteiger charge is 2.28. The van der Waals surface area contributed by atoms with Gasteiger partial charge in [-0.1, -0.05) is 0 Å². The van der Waals surface area contributed by atoms with E-state index >= 15 is 0 Å². The number of nitrogens with zero attached hydrogens (tertiary/aromatic N) is 2. The minimum Gasteiger partial charge on any atom is -0.385 e. The Morgan fingerprint density at radius 3 is 1.38 bits per heavy atom. The molecule has 2 aromatic rings. The van der Waals surface area contributed by atoms with Crippen LogP contribution >= 0.6 is 0 Å². The summed E-state index contributed by atoms with van der Waals surface area (Å²) >= 11 is 0. The van der Waals surface area contributed by atoms with Crippen molar-refractivity contribution in [2.75, 3.05) is 0 Å². The van der Waals surface area contributed by atoms with Gasteiger partial charge in [0.1, 0.15) is 35.2 Å². The van der Waals surface area contributed by atoms with Crippen LogP contribution in [0.3, 0.4) is 0 Å². The molecule has 0 heterocycles. The van der Waals surface area contributed by atoms with Crippen molar-refractivity contribution >= 4 is 22.2 Å². The summed E-state index contributed by atoms with van der Waals surface area (Å²) in [6.07, 6.45) is 0. The summed E-state index contributed by atoms with van der Waals surface area (Å²) in [5.41, 5.74) is 8.69. The number of hydrogen-bond donors (Lipinski definition) is 2. The second-order valence-corrected chi connectivity index (χ2v) is 4.44. The maximum Gasteiger partial charge on any atom is 0.173 e. The van der Waals surface area contributed by atoms with Gasteiger partial charge in [-0.15, -0.1) is 0 Å². The summed E-state index contributed by atoms with van der Waals surface area (Å²) in [5.74, 6) is -13.4. The van der Waals surface area contributed by atoms with Crippen LogP contribution in [-0.2, 0) is 0 Å². The lowest BCUT2D eigenvalue weighted by Gasteiger charge is -2.09. The second kappa shape index (κ2) is 5.66. The topological polar surface area (TPSA) is 99.6 Å². The number of halogens is 6. The summed E-state index contributed by atoms with van der Waals surface area (Å²) in [7, 11) is 0. The van der Waals surface area contributed by atoms with Gasteiger partial charge in [0.25, 0.3) is 0 Å². The van der Waals surface area contributed by atoms with Crippen LogP contribution in [0.15, 0.2) is 0 Å². The van der Waals surface area contributed by atoms with Crippen molar-refractivity contribution in [3.8, 4) is 12.1 Å². The zero-order valence-corrected chi connectivity index (χ0v) is 11.3. The second-order valence-electron chi connectivity index (χ2n) is 4.44. The van der Waals surface area contributed by atoms with Crippen LogP contribution in [0.2, 0.25) is 0 Å². The smallest absolute Gasteiger partial charge is 0.173 e. The molecule has 2 rings (SSSR count). The van der Waals surface area contributed by atoms with Gasteiger partial charge in [-0.25, -0.2) is 26.3 Å². The molecule has 0 aliphatic rings. The van der Waals surface area contributed by atoms with Crippen molar-refractivity contribution < 1.29 is 26.3 Å². The van der Waals surface area contributed by atoms with Gasteiger partial charge in [0.05, 0.1) is 21.2 Å². The zero-order valence-electron chi connectivity index (χ0n) is 11.3. The molecule has 0 aliphatic carbocycles. The number of rotatable bonds is 0. The van der Waals surface area contributed by atoms with E-state index < -0.39 is 67.5 Å². The Kier molecular flexibility index (Phi) is 4.00. The molecule has 0 radical (unpaired) electrons. The first kappa shape index (κ1) is 17.0. The van der Waals surface area contributed by atoms with Crippen molar-refractivity contribution in [3.63, 3.8) is 0 Å². The molecule has 10 heteroatoms. The molecule has 2 aromatic carbocycles. The minimum atomic E-state index is -2.14. The average molecular weight is 342 g/mol. The fourth-order valence-electron chi connectivity index (χ4n) is 2.12. The van der Waals surface area contributed by atoms with E-state index in [2.05, 4.69) is 0 Å². The SMILES string of the molecule is N#CC(C#N)=c1c(F)c(F)c2c(F)c(=C(N)N)c(F)c(F)c2c1F. The molecule has 4 nitrogen and oxygen atoms in total. The van der Waals surface area contributed by atoms with Crippen LogP contribution in [-0.4, -0.2) is 0 Å². The van der Waals surface area contributed by atoms with Gasteiger partial charge < -0.3 is 11.5 Å². The van der Waals surface area contributed by atoms with Gasteiger partial charge >= 0.3 is 0 Å². The molecule has 0 unspecified atom stereocenters. The first-order valence-corrected chi connectivity index (χ1v) is 5.91. The van der Waals surface area contributed by atoms with E-state index in [0.717, 1.165) is 12.1 Å². The highest BCUT2D eigenvalue weighted by Crippen LogP contribution is 2.26. The van der Waals surface area contributed by atoms with Crippen molar-refractivity contribution in [1.29, 1.82) is 10.5 Å². The highest BCUT2D eigenvalue weighted by atomic mass is 19.2. The molecule has 0 aliphatic heterocycles. The average Bonchev–Trinajstić information content (AvgIpc) is 2.52. The quantitative estimate of drug-likeness (QED) is 0.548. The highest BCUT2D eigenvalue weighted by molar-refractivity contribution is 5.87. The molecular weight excluding hydrogens is 338 g/mol. The van der Waals surface area contributed by atoms with E-state index in [0.29, 0.717) is 0 Å². The number of nitriles is 2. The molecule has 0 saturated carbocycles. The number of nitrogens with two attached hydrogens (primary N) is 2. The lowest BCUT2D eigenvalue weighted by Crippen LogP contribution is -2.29. The van der Waals surface area contributed by atoms with Gasteiger partial charge in [-0.2, -0.15) is 10.5 Å². The predicted octanol–water partition coefficient (Wildman–Crippen LogP) is 0.855. The van der Waals surface area contributed by atoms with Gasteiger partial charge in [0.15, 0.2) is 23.3 Å². The van der Waals surface area contributed by atoms with Crippen molar-refractivity contribution in [2.45, 2.75) is 0 Å². The normalized spacial score (nSPS) is 10.3. The minimum absolute atomic E-state index is 1.07. The zero-order chi connectivity index (χ0) is 18.3. The van der Waals surface area contributed by atoms with Gasteiger partial charge in [0, 0.05) is 0 Å². The van der Waals surface area contributed by atoms with Crippen LogP contribution in [0.5, 0.6) is 0 Å². The number of hydrogen-bond acceptors (Lipinski definition) is 4. The Morgan fingerprint density at radius 2 is 1.00 bits per heavy atom.